The topological polar surface area (TPSA) is 34.1 Å². The standard InChI is InChI=1S/C16H16Br6O2/c1-14(12(18)19)6-3-4-16(22,11(14)24)7-5-8(17)10(23)15(2,9(6)7)13(20)21/h3-4,6-9,12-13H,5H2,1-2H3. The van der Waals surface area contributed by atoms with E-state index in [9.17, 15) is 9.59 Å². The van der Waals surface area contributed by atoms with Crippen molar-refractivity contribution in [2.45, 2.75) is 36.9 Å². The zero-order valence-corrected chi connectivity index (χ0v) is 22.4. The molecule has 0 radical (unpaired) electrons. The molecule has 7 atom stereocenters. The largest absolute Gasteiger partial charge is 0.298 e. The molecular formula is C16H16Br6O2. The van der Waals surface area contributed by atoms with Crippen LogP contribution >= 0.6 is 95.6 Å². The van der Waals surface area contributed by atoms with Crippen LogP contribution in [-0.2, 0) is 9.59 Å². The summed E-state index contributed by atoms with van der Waals surface area (Å²) in [6.07, 6.45) is 4.81. The molecule has 0 N–H and O–H groups in total. The van der Waals surface area contributed by atoms with Crippen LogP contribution in [0, 0.1) is 28.6 Å². The molecule has 0 amide bonds. The second-order valence-corrected chi connectivity index (χ2v) is 15.9. The summed E-state index contributed by atoms with van der Waals surface area (Å²) in [6, 6.07) is 0. The molecule has 4 rings (SSSR count). The number of hydrogen-bond donors (Lipinski definition) is 0. The van der Waals surface area contributed by atoms with Gasteiger partial charge in [-0.15, -0.1) is 0 Å². The van der Waals surface area contributed by atoms with Crippen LogP contribution in [0.25, 0.3) is 0 Å². The van der Waals surface area contributed by atoms with E-state index in [1.54, 1.807) is 0 Å². The van der Waals surface area contributed by atoms with Crippen LogP contribution in [-0.4, -0.2) is 28.2 Å². The molecule has 0 saturated heterocycles. The third-order valence-corrected chi connectivity index (χ3v) is 12.1. The quantitative estimate of drug-likeness (QED) is 0.256. The first-order valence-electron chi connectivity index (χ1n) is 7.61. The average molecular weight is 720 g/mol. The van der Waals surface area contributed by atoms with Crippen molar-refractivity contribution in [1.82, 2.24) is 0 Å². The van der Waals surface area contributed by atoms with Crippen molar-refractivity contribution in [2.24, 2.45) is 28.6 Å². The van der Waals surface area contributed by atoms with Crippen molar-refractivity contribution >= 4 is 107 Å². The van der Waals surface area contributed by atoms with Crippen LogP contribution in [0.15, 0.2) is 12.2 Å². The van der Waals surface area contributed by atoms with E-state index in [1.807, 2.05) is 19.9 Å². The van der Waals surface area contributed by atoms with Gasteiger partial charge in [-0.2, -0.15) is 0 Å². The first-order valence-corrected chi connectivity index (χ1v) is 13.0. The Morgan fingerprint density at radius 2 is 1.62 bits per heavy atom. The van der Waals surface area contributed by atoms with Crippen LogP contribution in [0.5, 0.6) is 0 Å². The predicted octanol–water partition coefficient (Wildman–Crippen LogP) is 6.10. The number of Topliss-reactive ketones (excluding diaryl/α,β-unsaturated/α-hetero) is 2. The van der Waals surface area contributed by atoms with Gasteiger partial charge in [-0.3, -0.25) is 9.59 Å². The van der Waals surface area contributed by atoms with Crippen molar-refractivity contribution in [3.05, 3.63) is 12.2 Å². The van der Waals surface area contributed by atoms with Crippen LogP contribution in [0.4, 0.5) is 0 Å². The Labute approximate surface area is 192 Å². The minimum atomic E-state index is -0.732. The molecule has 4 aliphatic rings. The molecular weight excluding hydrogens is 704 g/mol. The van der Waals surface area contributed by atoms with E-state index in [1.165, 1.54) is 0 Å². The van der Waals surface area contributed by atoms with Crippen molar-refractivity contribution in [3.8, 4) is 0 Å². The van der Waals surface area contributed by atoms with Gasteiger partial charge < -0.3 is 0 Å². The van der Waals surface area contributed by atoms with Gasteiger partial charge >= 0.3 is 0 Å². The van der Waals surface area contributed by atoms with Crippen molar-refractivity contribution in [1.29, 1.82) is 0 Å². The third-order valence-electron chi connectivity index (χ3n) is 6.31. The zero-order chi connectivity index (χ0) is 18.2. The lowest BCUT2D eigenvalue weighted by molar-refractivity contribution is -0.155. The molecule has 134 valence electrons. The molecule has 2 saturated carbocycles. The lowest BCUT2D eigenvalue weighted by Gasteiger charge is -2.64. The number of alkyl halides is 6. The molecule has 0 aromatic heterocycles. The molecule has 0 spiro atoms. The highest BCUT2D eigenvalue weighted by Crippen LogP contribution is 2.68. The Morgan fingerprint density at radius 1 is 1.08 bits per heavy atom. The van der Waals surface area contributed by atoms with Crippen molar-refractivity contribution in [2.75, 3.05) is 0 Å². The normalized spacial score (nSPS) is 50.8. The Hall–Kier alpha value is 1.96. The summed E-state index contributed by atoms with van der Waals surface area (Å²) in [5.41, 5.74) is -1.25. The molecule has 24 heavy (non-hydrogen) atoms. The smallest absolute Gasteiger partial charge is 0.162 e. The summed E-state index contributed by atoms with van der Waals surface area (Å²) in [4.78, 5) is 26.3. The number of halogens is 6. The van der Waals surface area contributed by atoms with Gasteiger partial charge in [0.2, 0.25) is 0 Å². The Balaban J connectivity index is 2.25. The molecule has 2 bridgehead atoms. The number of allylic oxidation sites excluding steroid dienone is 2. The highest BCUT2D eigenvalue weighted by molar-refractivity contribution is 9.25. The van der Waals surface area contributed by atoms with Crippen molar-refractivity contribution < 1.29 is 9.59 Å². The van der Waals surface area contributed by atoms with E-state index in [4.69, 9.17) is 0 Å². The minimum Gasteiger partial charge on any atom is -0.298 e. The molecule has 0 heterocycles. The zero-order valence-electron chi connectivity index (χ0n) is 12.9. The maximum absolute atomic E-state index is 13.4. The van der Waals surface area contributed by atoms with Crippen molar-refractivity contribution in [3.63, 3.8) is 0 Å². The van der Waals surface area contributed by atoms with Gasteiger partial charge in [0.25, 0.3) is 0 Å². The maximum atomic E-state index is 13.4. The molecule has 7 unspecified atom stereocenters. The third kappa shape index (κ3) is 2.44. The lowest BCUT2D eigenvalue weighted by Crippen LogP contribution is -2.71. The summed E-state index contributed by atoms with van der Waals surface area (Å²) >= 11 is 21.8. The summed E-state index contributed by atoms with van der Waals surface area (Å²) in [5, 5.41) is 0. The second kappa shape index (κ2) is 6.50. The van der Waals surface area contributed by atoms with Gasteiger partial charge in [0.1, 0.15) is 4.32 Å². The second-order valence-electron chi connectivity index (χ2n) is 7.35. The van der Waals surface area contributed by atoms with Crippen LogP contribution in [0.2, 0.25) is 0 Å². The fourth-order valence-corrected chi connectivity index (χ4v) is 8.85. The van der Waals surface area contributed by atoms with E-state index < -0.39 is 15.2 Å². The SMILES string of the molecule is CC1(C(Br)Br)C(=O)C2(Br)C=CC1C1C2CC(Br)C(=O)C1(C)C(Br)Br. The highest BCUT2D eigenvalue weighted by Gasteiger charge is 2.72. The number of fused-ring (bicyclic) bond motifs is 1. The first kappa shape index (κ1) is 20.7. The summed E-state index contributed by atoms with van der Waals surface area (Å²) < 4.78 is -1.06. The van der Waals surface area contributed by atoms with E-state index in [2.05, 4.69) is 102 Å². The molecule has 4 aliphatic carbocycles. The lowest BCUT2D eigenvalue weighted by atomic mass is 9.43. The average Bonchev–Trinajstić information content (AvgIpc) is 2.50. The van der Waals surface area contributed by atoms with Crippen LogP contribution in [0.3, 0.4) is 0 Å². The van der Waals surface area contributed by atoms with Gasteiger partial charge in [0.15, 0.2) is 11.6 Å². The molecule has 2 nitrogen and oxygen atoms in total. The molecule has 0 aromatic carbocycles. The number of carbonyl (C=O) groups excluding carboxylic acids is 2. The number of hydrogen-bond acceptors (Lipinski definition) is 2. The number of ketones is 2. The number of carbonyl (C=O) groups is 2. The molecule has 0 aromatic rings. The minimum absolute atomic E-state index is 0.0234. The Morgan fingerprint density at radius 3 is 2.12 bits per heavy atom. The van der Waals surface area contributed by atoms with Gasteiger partial charge in [0, 0.05) is 0 Å². The van der Waals surface area contributed by atoms with Gasteiger partial charge in [0.05, 0.1) is 23.1 Å². The summed E-state index contributed by atoms with van der Waals surface area (Å²) in [6.45, 7) is 4.01. The summed E-state index contributed by atoms with van der Waals surface area (Å²) in [5.74, 6) is 0.461. The van der Waals surface area contributed by atoms with Crippen LogP contribution < -0.4 is 0 Å². The van der Waals surface area contributed by atoms with Gasteiger partial charge in [-0.1, -0.05) is 122 Å². The van der Waals surface area contributed by atoms with Crippen LogP contribution in [0.1, 0.15) is 20.3 Å². The fourth-order valence-electron chi connectivity index (χ4n) is 4.82. The van der Waals surface area contributed by atoms with E-state index >= 15 is 0 Å². The molecule has 0 aliphatic heterocycles. The first-order chi connectivity index (χ1) is 10.9. The summed E-state index contributed by atoms with van der Waals surface area (Å²) in [7, 11) is 0. The van der Waals surface area contributed by atoms with Gasteiger partial charge in [-0.05, 0) is 24.2 Å². The Bertz CT molecular complexity index is 634. The predicted molar refractivity (Wildman–Crippen MR) is 118 cm³/mol. The fraction of sp³-hybridized carbons (Fsp3) is 0.750. The number of rotatable bonds is 2. The van der Waals surface area contributed by atoms with E-state index in [0.717, 1.165) is 0 Å². The molecule has 2 fully saturated rings. The maximum Gasteiger partial charge on any atom is 0.162 e. The van der Waals surface area contributed by atoms with Gasteiger partial charge in [-0.25, -0.2) is 0 Å². The monoisotopic (exact) mass is 714 g/mol. The Kier molecular flexibility index (Phi) is 5.60. The highest BCUT2D eigenvalue weighted by atomic mass is 79.9. The van der Waals surface area contributed by atoms with E-state index in [-0.39, 0.29) is 41.6 Å². The molecule has 8 heteroatoms. The van der Waals surface area contributed by atoms with E-state index in [0.29, 0.717) is 6.42 Å².